The van der Waals surface area contributed by atoms with Crippen molar-refractivity contribution in [3.63, 3.8) is 0 Å². The summed E-state index contributed by atoms with van der Waals surface area (Å²) in [6.45, 7) is -0.215. The average Bonchev–Trinajstić information content (AvgIpc) is 1.98. The Morgan fingerprint density at radius 3 is 2.73 bits per heavy atom. The van der Waals surface area contributed by atoms with Crippen molar-refractivity contribution in [2.45, 2.75) is 6.10 Å². The third kappa shape index (κ3) is 3.44. The molecule has 1 atom stereocenters. The summed E-state index contributed by atoms with van der Waals surface area (Å²) in [5.41, 5.74) is 7.86. The Morgan fingerprint density at radius 2 is 2.36 bits per heavy atom. The van der Waals surface area contributed by atoms with E-state index in [2.05, 4.69) is 10.0 Å². The summed E-state index contributed by atoms with van der Waals surface area (Å²) in [4.78, 5) is 14.5. The highest BCUT2D eigenvalue weighted by molar-refractivity contribution is 5.80. The van der Waals surface area contributed by atoms with Crippen LogP contribution in [0, 0.1) is 0 Å². The van der Waals surface area contributed by atoms with Gasteiger partial charge in [-0.2, -0.15) is 0 Å². The molecule has 0 aliphatic carbocycles. The van der Waals surface area contributed by atoms with Crippen LogP contribution in [0.2, 0.25) is 0 Å². The first kappa shape index (κ1) is 9.74. The Hall–Kier alpha value is -1.26. The van der Waals surface area contributed by atoms with Gasteiger partial charge >= 0.3 is 0 Å². The summed E-state index contributed by atoms with van der Waals surface area (Å²) in [6.07, 6.45) is -1.22. The summed E-state index contributed by atoms with van der Waals surface area (Å²) < 4.78 is 0. The highest BCUT2D eigenvalue weighted by atomic mass is 16.3. The summed E-state index contributed by atoms with van der Waals surface area (Å²) in [5.74, 6) is -0.461. The Morgan fingerprint density at radius 1 is 1.82 bits per heavy atom. The van der Waals surface area contributed by atoms with Gasteiger partial charge in [-0.15, -0.1) is 0 Å². The Bertz CT molecular complexity index is 185. The van der Waals surface area contributed by atoms with Gasteiger partial charge in [0.25, 0.3) is 5.91 Å². The fraction of sp³-hybridized carbons (Fsp3) is 0.800. The van der Waals surface area contributed by atoms with Gasteiger partial charge in [-0.3, -0.25) is 4.79 Å². The number of carbonyl (C=O) groups excluding carboxylic acids is 1. The summed E-state index contributed by atoms with van der Waals surface area (Å²) in [7, 11) is 3.03. The number of amides is 1. The van der Waals surface area contributed by atoms with Gasteiger partial charge in [0.1, 0.15) is 6.10 Å². The van der Waals surface area contributed by atoms with Gasteiger partial charge < -0.3 is 10.0 Å². The van der Waals surface area contributed by atoms with Crippen molar-refractivity contribution in [1.82, 2.24) is 4.90 Å². The molecule has 6 nitrogen and oxygen atoms in total. The van der Waals surface area contributed by atoms with E-state index in [-0.39, 0.29) is 6.54 Å². The van der Waals surface area contributed by atoms with E-state index < -0.39 is 12.0 Å². The van der Waals surface area contributed by atoms with Crippen molar-refractivity contribution in [3.8, 4) is 0 Å². The molecule has 0 heterocycles. The molecular formula is C5H10N4O2. The lowest BCUT2D eigenvalue weighted by atomic mass is 10.3. The summed E-state index contributed by atoms with van der Waals surface area (Å²) in [6, 6.07) is 0. The third-order valence-corrected chi connectivity index (χ3v) is 1.04. The average molecular weight is 158 g/mol. The quantitative estimate of drug-likeness (QED) is 0.348. The normalized spacial score (nSPS) is 11.5. The first-order valence-electron chi connectivity index (χ1n) is 2.99. The van der Waals surface area contributed by atoms with Crippen LogP contribution < -0.4 is 0 Å². The maximum Gasteiger partial charge on any atom is 0.251 e. The smallest absolute Gasteiger partial charge is 0.251 e. The van der Waals surface area contributed by atoms with Crippen molar-refractivity contribution in [2.75, 3.05) is 20.6 Å². The molecule has 0 spiro atoms. The van der Waals surface area contributed by atoms with Crippen molar-refractivity contribution in [2.24, 2.45) is 5.11 Å². The van der Waals surface area contributed by atoms with Crippen molar-refractivity contribution < 1.29 is 9.90 Å². The molecule has 1 N–H and O–H groups in total. The molecule has 1 unspecified atom stereocenters. The molecule has 0 aliphatic rings. The third-order valence-electron chi connectivity index (χ3n) is 1.04. The fourth-order valence-corrected chi connectivity index (χ4v) is 0.490. The first-order chi connectivity index (χ1) is 5.09. The second-order valence-corrected chi connectivity index (χ2v) is 2.16. The Kier molecular flexibility index (Phi) is 4.02. The monoisotopic (exact) mass is 158 g/mol. The fourth-order valence-electron chi connectivity index (χ4n) is 0.490. The number of hydrogen-bond acceptors (Lipinski definition) is 3. The molecule has 62 valence electrons. The second kappa shape index (κ2) is 4.54. The highest BCUT2D eigenvalue weighted by Gasteiger charge is 2.14. The minimum absolute atomic E-state index is 0.215. The standard InChI is InChI=1S/C5H10N4O2/c1-9(2)5(11)4(10)3-7-8-6/h4,10H,3H2,1-2H3. The maximum absolute atomic E-state index is 10.8. The second-order valence-electron chi connectivity index (χ2n) is 2.16. The highest BCUT2D eigenvalue weighted by Crippen LogP contribution is 1.90. The van der Waals surface area contributed by atoms with Crippen LogP contribution in [-0.2, 0) is 4.79 Å². The van der Waals surface area contributed by atoms with E-state index in [0.29, 0.717) is 0 Å². The number of nitrogens with zero attached hydrogens (tertiary/aromatic N) is 4. The van der Waals surface area contributed by atoms with Gasteiger partial charge in [0.2, 0.25) is 0 Å². The molecule has 11 heavy (non-hydrogen) atoms. The van der Waals surface area contributed by atoms with Gasteiger partial charge in [-0.1, -0.05) is 5.11 Å². The van der Waals surface area contributed by atoms with Crippen LogP contribution in [0.1, 0.15) is 0 Å². The minimum atomic E-state index is -1.22. The first-order valence-corrected chi connectivity index (χ1v) is 2.99. The predicted octanol–water partition coefficient (Wildman–Crippen LogP) is -0.254. The van der Waals surface area contributed by atoms with E-state index in [4.69, 9.17) is 10.6 Å². The lowest BCUT2D eigenvalue weighted by Gasteiger charge is -2.13. The van der Waals surface area contributed by atoms with Crippen LogP contribution in [0.25, 0.3) is 10.4 Å². The Balaban J connectivity index is 3.92. The van der Waals surface area contributed by atoms with E-state index in [0.717, 1.165) is 0 Å². The number of hydrogen-bond donors (Lipinski definition) is 1. The topological polar surface area (TPSA) is 89.3 Å². The molecule has 0 saturated heterocycles. The number of rotatable bonds is 3. The predicted molar refractivity (Wildman–Crippen MR) is 38.7 cm³/mol. The summed E-state index contributed by atoms with van der Waals surface area (Å²) in [5, 5.41) is 12.0. The van der Waals surface area contributed by atoms with Gasteiger partial charge in [0.15, 0.2) is 0 Å². The van der Waals surface area contributed by atoms with Crippen molar-refractivity contribution >= 4 is 5.91 Å². The largest absolute Gasteiger partial charge is 0.383 e. The van der Waals surface area contributed by atoms with Crippen molar-refractivity contribution in [1.29, 1.82) is 0 Å². The molecule has 0 aromatic heterocycles. The van der Waals surface area contributed by atoms with Crippen LogP contribution in [0.15, 0.2) is 5.11 Å². The van der Waals surface area contributed by atoms with E-state index in [1.807, 2.05) is 0 Å². The molecule has 0 bridgehead atoms. The Labute approximate surface area is 64.0 Å². The molecule has 0 aliphatic heterocycles. The number of azide groups is 1. The van der Waals surface area contributed by atoms with Crippen LogP contribution in [0.4, 0.5) is 0 Å². The number of carbonyl (C=O) groups is 1. The maximum atomic E-state index is 10.8. The zero-order valence-electron chi connectivity index (χ0n) is 6.43. The molecule has 6 heteroatoms. The van der Waals surface area contributed by atoms with E-state index in [1.54, 1.807) is 0 Å². The number of likely N-dealkylation sites (N-methyl/N-ethyl adjacent to an activating group) is 1. The molecule has 0 fully saturated rings. The number of aliphatic hydroxyl groups is 1. The van der Waals surface area contributed by atoms with Crippen LogP contribution in [-0.4, -0.2) is 42.7 Å². The van der Waals surface area contributed by atoms with Gasteiger partial charge in [-0.05, 0) is 5.53 Å². The van der Waals surface area contributed by atoms with Crippen LogP contribution >= 0.6 is 0 Å². The molecule has 1 amide bonds. The lowest BCUT2D eigenvalue weighted by molar-refractivity contribution is -0.136. The van der Waals surface area contributed by atoms with E-state index in [1.165, 1.54) is 19.0 Å². The summed E-state index contributed by atoms with van der Waals surface area (Å²) >= 11 is 0. The van der Waals surface area contributed by atoms with Crippen LogP contribution in [0.3, 0.4) is 0 Å². The molecule has 0 saturated carbocycles. The van der Waals surface area contributed by atoms with Gasteiger partial charge in [0, 0.05) is 19.0 Å². The van der Waals surface area contributed by atoms with E-state index in [9.17, 15) is 4.79 Å². The van der Waals surface area contributed by atoms with Gasteiger partial charge in [-0.25, -0.2) is 0 Å². The molecule has 0 rings (SSSR count). The van der Waals surface area contributed by atoms with E-state index >= 15 is 0 Å². The molecular weight excluding hydrogens is 148 g/mol. The SMILES string of the molecule is CN(C)C(=O)C(O)CN=[N+]=[N-]. The molecule has 0 aromatic carbocycles. The lowest BCUT2D eigenvalue weighted by Crippen LogP contribution is -2.35. The molecule has 0 radical (unpaired) electrons. The zero-order valence-corrected chi connectivity index (χ0v) is 6.43. The number of aliphatic hydroxyl groups excluding tert-OH is 1. The minimum Gasteiger partial charge on any atom is -0.383 e. The van der Waals surface area contributed by atoms with Gasteiger partial charge in [0.05, 0.1) is 6.54 Å². The van der Waals surface area contributed by atoms with Crippen LogP contribution in [0.5, 0.6) is 0 Å². The van der Waals surface area contributed by atoms with Crippen molar-refractivity contribution in [3.05, 3.63) is 10.4 Å². The molecule has 0 aromatic rings. The zero-order chi connectivity index (χ0) is 8.85.